The fourth-order valence-corrected chi connectivity index (χ4v) is 2.99. The van der Waals surface area contributed by atoms with E-state index in [9.17, 15) is 0 Å². The van der Waals surface area contributed by atoms with Crippen molar-refractivity contribution in [3.05, 3.63) is 65.4 Å². The summed E-state index contributed by atoms with van der Waals surface area (Å²) in [4.78, 5) is 2.24. The van der Waals surface area contributed by atoms with Crippen molar-refractivity contribution < 1.29 is 4.74 Å². The lowest BCUT2D eigenvalue weighted by atomic mass is 10.1. The molecule has 3 aromatic rings. The number of rotatable bonds is 1. The summed E-state index contributed by atoms with van der Waals surface area (Å²) in [6, 6.07) is 18.4. The molecule has 0 aliphatic carbocycles. The van der Waals surface area contributed by atoms with E-state index in [0.29, 0.717) is 0 Å². The van der Waals surface area contributed by atoms with Crippen LogP contribution in [0, 0.1) is 0 Å². The average molecular weight is 265 g/mol. The van der Waals surface area contributed by atoms with Gasteiger partial charge in [-0.15, -0.1) is 0 Å². The molecule has 0 bridgehead atoms. The van der Waals surface area contributed by atoms with Gasteiger partial charge < -0.3 is 9.64 Å². The highest BCUT2D eigenvalue weighted by Gasteiger charge is 2.24. The fraction of sp³-hybridized carbons (Fsp3) is 0. The van der Waals surface area contributed by atoms with Crippen molar-refractivity contribution in [1.82, 2.24) is 0 Å². The van der Waals surface area contributed by atoms with Gasteiger partial charge in [-0.2, -0.15) is 11.3 Å². The smallest absolute Gasteiger partial charge is 0.151 e. The van der Waals surface area contributed by atoms with Gasteiger partial charge in [0.15, 0.2) is 11.5 Å². The molecule has 19 heavy (non-hydrogen) atoms. The Bertz CT molecular complexity index is 676. The first-order valence-electron chi connectivity index (χ1n) is 6.12. The lowest BCUT2D eigenvalue weighted by Gasteiger charge is -2.31. The average Bonchev–Trinajstić information content (AvgIpc) is 2.98. The van der Waals surface area contributed by atoms with Gasteiger partial charge >= 0.3 is 0 Å². The van der Waals surface area contributed by atoms with Crippen LogP contribution in [0.15, 0.2) is 65.4 Å². The van der Waals surface area contributed by atoms with Gasteiger partial charge in [-0.1, -0.05) is 24.3 Å². The van der Waals surface area contributed by atoms with Gasteiger partial charge in [0.2, 0.25) is 0 Å². The monoisotopic (exact) mass is 265 g/mol. The third-order valence-electron chi connectivity index (χ3n) is 3.20. The maximum absolute atomic E-state index is 5.97. The second kappa shape index (κ2) is 4.14. The molecule has 3 heteroatoms. The van der Waals surface area contributed by atoms with E-state index in [4.69, 9.17) is 4.74 Å². The molecular formula is C16H11NOS. The first kappa shape index (κ1) is 10.6. The van der Waals surface area contributed by atoms with Gasteiger partial charge in [-0.3, -0.25) is 0 Å². The van der Waals surface area contributed by atoms with E-state index in [1.807, 2.05) is 36.4 Å². The van der Waals surface area contributed by atoms with E-state index in [-0.39, 0.29) is 0 Å². The zero-order valence-electron chi connectivity index (χ0n) is 10.1. The van der Waals surface area contributed by atoms with E-state index in [2.05, 4.69) is 33.9 Å². The molecule has 0 spiro atoms. The van der Waals surface area contributed by atoms with Crippen LogP contribution >= 0.6 is 11.3 Å². The number of nitrogens with zero attached hydrogens (tertiary/aromatic N) is 1. The first-order valence-corrected chi connectivity index (χ1v) is 7.06. The standard InChI is InChI=1S/C16H11NOS/c1-3-7-15-13(5-1)17(12-9-10-19-11-12)14-6-2-4-8-16(14)18-15/h1-11H. The second-order valence-corrected chi connectivity index (χ2v) is 5.13. The number of thiophene rings is 1. The van der Waals surface area contributed by atoms with E-state index in [1.54, 1.807) is 11.3 Å². The van der Waals surface area contributed by atoms with Crippen LogP contribution in [-0.2, 0) is 0 Å². The number of para-hydroxylation sites is 4. The van der Waals surface area contributed by atoms with Gasteiger partial charge in [0.1, 0.15) is 0 Å². The van der Waals surface area contributed by atoms with Crippen molar-refractivity contribution in [2.75, 3.05) is 4.90 Å². The molecule has 0 atom stereocenters. The van der Waals surface area contributed by atoms with E-state index >= 15 is 0 Å². The zero-order chi connectivity index (χ0) is 12.7. The van der Waals surface area contributed by atoms with Gasteiger partial charge in [-0.05, 0) is 35.7 Å². The highest BCUT2D eigenvalue weighted by atomic mass is 32.1. The van der Waals surface area contributed by atoms with Gasteiger partial charge in [0.05, 0.1) is 17.1 Å². The minimum Gasteiger partial charge on any atom is -0.453 e. The Balaban J connectivity index is 1.98. The third kappa shape index (κ3) is 1.63. The van der Waals surface area contributed by atoms with Crippen LogP contribution in [0.3, 0.4) is 0 Å². The fourth-order valence-electron chi connectivity index (χ4n) is 2.37. The number of benzene rings is 2. The van der Waals surface area contributed by atoms with Crippen LogP contribution in [-0.4, -0.2) is 0 Å². The number of ether oxygens (including phenoxy) is 1. The normalized spacial score (nSPS) is 12.5. The summed E-state index contributed by atoms with van der Waals surface area (Å²) in [5.74, 6) is 1.79. The van der Waals surface area contributed by atoms with Crippen LogP contribution < -0.4 is 9.64 Å². The molecule has 0 fully saturated rings. The number of anilines is 3. The van der Waals surface area contributed by atoms with Crippen LogP contribution in [0.2, 0.25) is 0 Å². The molecule has 1 aliphatic heterocycles. The summed E-state index contributed by atoms with van der Waals surface area (Å²) in [5, 5.41) is 4.24. The summed E-state index contributed by atoms with van der Waals surface area (Å²) in [7, 11) is 0. The molecule has 0 N–H and O–H groups in total. The van der Waals surface area contributed by atoms with Crippen molar-refractivity contribution in [3.8, 4) is 11.5 Å². The molecule has 1 aromatic heterocycles. The highest BCUT2D eigenvalue weighted by Crippen LogP contribution is 2.50. The summed E-state index contributed by atoms with van der Waals surface area (Å²) in [5.41, 5.74) is 3.34. The van der Waals surface area contributed by atoms with Crippen molar-refractivity contribution in [1.29, 1.82) is 0 Å². The summed E-state index contributed by atoms with van der Waals surface area (Å²) >= 11 is 1.70. The zero-order valence-corrected chi connectivity index (χ0v) is 10.9. The highest BCUT2D eigenvalue weighted by molar-refractivity contribution is 7.08. The van der Waals surface area contributed by atoms with E-state index < -0.39 is 0 Å². The van der Waals surface area contributed by atoms with Gasteiger partial charge in [0.25, 0.3) is 0 Å². The lowest BCUT2D eigenvalue weighted by Crippen LogP contribution is -2.14. The Labute approximate surface area is 115 Å². The van der Waals surface area contributed by atoms with Crippen LogP contribution in [0.4, 0.5) is 17.1 Å². The van der Waals surface area contributed by atoms with Crippen molar-refractivity contribution in [2.45, 2.75) is 0 Å². The SMILES string of the molecule is c1ccc2c(c1)Oc1ccccc1N2c1ccsc1. The first-order chi connectivity index (χ1) is 9.43. The molecule has 92 valence electrons. The molecule has 4 rings (SSSR count). The van der Waals surface area contributed by atoms with Crippen LogP contribution in [0.25, 0.3) is 0 Å². The molecule has 0 saturated carbocycles. The van der Waals surface area contributed by atoms with Crippen molar-refractivity contribution >= 4 is 28.4 Å². The molecule has 2 heterocycles. The summed E-state index contributed by atoms with van der Waals surface area (Å²) in [6.45, 7) is 0. The van der Waals surface area contributed by atoms with E-state index in [1.165, 1.54) is 5.69 Å². The maximum Gasteiger partial charge on any atom is 0.151 e. The summed E-state index contributed by atoms with van der Waals surface area (Å²) in [6.07, 6.45) is 0. The number of hydrogen-bond acceptors (Lipinski definition) is 3. The number of hydrogen-bond donors (Lipinski definition) is 0. The minimum atomic E-state index is 0.896. The second-order valence-electron chi connectivity index (χ2n) is 4.35. The lowest BCUT2D eigenvalue weighted by molar-refractivity contribution is 0.477. The molecular weight excluding hydrogens is 254 g/mol. The Morgan fingerprint density at radius 2 is 1.42 bits per heavy atom. The predicted molar refractivity (Wildman–Crippen MR) is 79.1 cm³/mol. The van der Waals surface area contributed by atoms with Crippen LogP contribution in [0.5, 0.6) is 11.5 Å². The largest absolute Gasteiger partial charge is 0.453 e. The predicted octanol–water partition coefficient (Wildman–Crippen LogP) is 5.32. The van der Waals surface area contributed by atoms with Crippen LogP contribution in [0.1, 0.15) is 0 Å². The Hall–Kier alpha value is -2.26. The topological polar surface area (TPSA) is 12.5 Å². The van der Waals surface area contributed by atoms with Crippen molar-refractivity contribution in [3.63, 3.8) is 0 Å². The van der Waals surface area contributed by atoms with Crippen molar-refractivity contribution in [2.24, 2.45) is 0 Å². The molecule has 0 amide bonds. The van der Waals surface area contributed by atoms with Gasteiger partial charge in [0, 0.05) is 5.38 Å². The van der Waals surface area contributed by atoms with E-state index in [0.717, 1.165) is 22.9 Å². The Morgan fingerprint density at radius 1 is 0.789 bits per heavy atom. The third-order valence-corrected chi connectivity index (χ3v) is 3.87. The minimum absolute atomic E-state index is 0.896. The molecule has 0 radical (unpaired) electrons. The molecule has 2 nitrogen and oxygen atoms in total. The molecule has 2 aromatic carbocycles. The molecule has 0 saturated heterocycles. The summed E-state index contributed by atoms with van der Waals surface area (Å²) < 4.78 is 5.97. The number of fused-ring (bicyclic) bond motifs is 2. The Morgan fingerprint density at radius 3 is 2.00 bits per heavy atom. The molecule has 1 aliphatic rings. The quantitative estimate of drug-likeness (QED) is 0.461. The Kier molecular flexibility index (Phi) is 2.32. The van der Waals surface area contributed by atoms with Gasteiger partial charge in [-0.25, -0.2) is 0 Å². The maximum atomic E-state index is 5.97. The molecule has 0 unspecified atom stereocenters.